The standard InChI is InChI=1S/C21H18F2N2O3S/c1-13-3-4-14(2)20(11-13)24-21(26)15-5-7-16(8-6-15)25-29(27,28)17-9-10-18(22)19(23)12-17/h3-12,25H,1-2H3,(H,24,26). The van der Waals surface area contributed by atoms with Gasteiger partial charge in [-0.25, -0.2) is 17.2 Å². The van der Waals surface area contributed by atoms with E-state index < -0.39 is 26.6 Å². The molecule has 0 atom stereocenters. The summed E-state index contributed by atoms with van der Waals surface area (Å²) >= 11 is 0. The molecule has 150 valence electrons. The van der Waals surface area contributed by atoms with E-state index in [0.29, 0.717) is 17.3 Å². The quantitative estimate of drug-likeness (QED) is 0.637. The Labute approximate surface area is 167 Å². The Bertz CT molecular complexity index is 1180. The zero-order chi connectivity index (χ0) is 21.2. The summed E-state index contributed by atoms with van der Waals surface area (Å²) in [4.78, 5) is 12.0. The molecule has 5 nitrogen and oxygen atoms in total. The van der Waals surface area contributed by atoms with Gasteiger partial charge in [0, 0.05) is 16.9 Å². The fraction of sp³-hybridized carbons (Fsp3) is 0.0952. The van der Waals surface area contributed by atoms with E-state index in [1.807, 2.05) is 32.0 Å². The number of aryl methyl sites for hydroxylation is 2. The van der Waals surface area contributed by atoms with Crippen LogP contribution in [0.3, 0.4) is 0 Å². The molecule has 3 rings (SSSR count). The fourth-order valence-corrected chi connectivity index (χ4v) is 3.68. The van der Waals surface area contributed by atoms with Gasteiger partial charge in [0.2, 0.25) is 0 Å². The molecular formula is C21H18F2N2O3S. The monoisotopic (exact) mass is 416 g/mol. The van der Waals surface area contributed by atoms with Crippen molar-refractivity contribution in [1.82, 2.24) is 0 Å². The van der Waals surface area contributed by atoms with Crippen LogP contribution < -0.4 is 10.0 Å². The lowest BCUT2D eigenvalue weighted by Gasteiger charge is -2.11. The number of anilines is 2. The lowest BCUT2D eigenvalue weighted by Crippen LogP contribution is -2.15. The molecular weight excluding hydrogens is 398 g/mol. The van der Waals surface area contributed by atoms with Gasteiger partial charge in [-0.15, -0.1) is 0 Å². The second kappa shape index (κ2) is 8.00. The molecule has 0 fully saturated rings. The lowest BCUT2D eigenvalue weighted by atomic mass is 10.1. The van der Waals surface area contributed by atoms with Gasteiger partial charge in [0.05, 0.1) is 4.90 Å². The van der Waals surface area contributed by atoms with Crippen molar-refractivity contribution in [1.29, 1.82) is 0 Å². The summed E-state index contributed by atoms with van der Waals surface area (Å²) in [5, 5.41) is 2.82. The van der Waals surface area contributed by atoms with Gasteiger partial charge in [0.1, 0.15) is 0 Å². The van der Waals surface area contributed by atoms with Crippen molar-refractivity contribution in [3.8, 4) is 0 Å². The van der Waals surface area contributed by atoms with Crippen LogP contribution in [0.4, 0.5) is 20.2 Å². The van der Waals surface area contributed by atoms with Crippen molar-refractivity contribution in [2.45, 2.75) is 18.7 Å². The Hall–Kier alpha value is -3.26. The van der Waals surface area contributed by atoms with E-state index in [-0.39, 0.29) is 11.6 Å². The molecule has 0 unspecified atom stereocenters. The molecule has 0 aromatic heterocycles. The summed E-state index contributed by atoms with van der Waals surface area (Å²) in [5.41, 5.74) is 3.13. The SMILES string of the molecule is Cc1ccc(C)c(NC(=O)c2ccc(NS(=O)(=O)c3ccc(F)c(F)c3)cc2)c1. The molecule has 0 radical (unpaired) electrons. The molecule has 0 aliphatic heterocycles. The smallest absolute Gasteiger partial charge is 0.261 e. The molecule has 8 heteroatoms. The van der Waals surface area contributed by atoms with Gasteiger partial charge in [-0.3, -0.25) is 9.52 Å². The van der Waals surface area contributed by atoms with Crippen molar-refractivity contribution in [3.05, 3.63) is 89.0 Å². The number of amides is 1. The van der Waals surface area contributed by atoms with E-state index >= 15 is 0 Å². The minimum Gasteiger partial charge on any atom is -0.322 e. The van der Waals surface area contributed by atoms with Gasteiger partial charge >= 0.3 is 0 Å². The van der Waals surface area contributed by atoms with E-state index in [9.17, 15) is 22.0 Å². The molecule has 0 aliphatic carbocycles. The Morgan fingerprint density at radius 1 is 0.862 bits per heavy atom. The van der Waals surface area contributed by atoms with Gasteiger partial charge in [-0.1, -0.05) is 12.1 Å². The van der Waals surface area contributed by atoms with Crippen molar-refractivity contribution in [2.75, 3.05) is 10.0 Å². The highest BCUT2D eigenvalue weighted by Crippen LogP contribution is 2.20. The Kier molecular flexibility index (Phi) is 5.65. The van der Waals surface area contributed by atoms with E-state index in [4.69, 9.17) is 0 Å². The highest BCUT2D eigenvalue weighted by Gasteiger charge is 2.17. The van der Waals surface area contributed by atoms with Crippen LogP contribution in [0.5, 0.6) is 0 Å². The molecule has 3 aromatic carbocycles. The van der Waals surface area contributed by atoms with Gasteiger partial charge in [0.25, 0.3) is 15.9 Å². The molecule has 29 heavy (non-hydrogen) atoms. The van der Waals surface area contributed by atoms with Gasteiger partial charge in [0.15, 0.2) is 11.6 Å². The van der Waals surface area contributed by atoms with Crippen LogP contribution in [-0.4, -0.2) is 14.3 Å². The third kappa shape index (κ3) is 4.78. The Morgan fingerprint density at radius 3 is 2.21 bits per heavy atom. The summed E-state index contributed by atoms with van der Waals surface area (Å²) in [7, 11) is -4.10. The summed E-state index contributed by atoms with van der Waals surface area (Å²) in [5.74, 6) is -2.73. The molecule has 0 spiro atoms. The summed E-state index contributed by atoms with van der Waals surface area (Å²) in [6.45, 7) is 3.80. The average Bonchev–Trinajstić information content (AvgIpc) is 2.67. The normalized spacial score (nSPS) is 11.2. The summed E-state index contributed by atoms with van der Waals surface area (Å²) in [6, 6.07) is 13.8. The Balaban J connectivity index is 1.75. The lowest BCUT2D eigenvalue weighted by molar-refractivity contribution is 0.102. The van der Waals surface area contributed by atoms with Crippen LogP contribution >= 0.6 is 0 Å². The largest absolute Gasteiger partial charge is 0.322 e. The first-order chi connectivity index (χ1) is 13.7. The first-order valence-corrected chi connectivity index (χ1v) is 10.1. The van der Waals surface area contributed by atoms with Crippen LogP contribution in [0, 0.1) is 25.5 Å². The minimum absolute atomic E-state index is 0.179. The number of benzene rings is 3. The molecule has 0 bridgehead atoms. The van der Waals surface area contributed by atoms with Gasteiger partial charge in [-0.2, -0.15) is 0 Å². The number of hydrogen-bond donors (Lipinski definition) is 2. The van der Waals surface area contributed by atoms with Crippen LogP contribution in [0.15, 0.2) is 65.6 Å². The second-order valence-corrected chi connectivity index (χ2v) is 8.21. The number of rotatable bonds is 5. The number of hydrogen-bond acceptors (Lipinski definition) is 3. The maximum absolute atomic E-state index is 13.3. The maximum atomic E-state index is 13.3. The minimum atomic E-state index is -4.10. The van der Waals surface area contributed by atoms with Crippen molar-refractivity contribution in [2.24, 2.45) is 0 Å². The maximum Gasteiger partial charge on any atom is 0.261 e. The molecule has 3 aromatic rings. The van der Waals surface area contributed by atoms with E-state index in [2.05, 4.69) is 10.0 Å². The van der Waals surface area contributed by atoms with E-state index in [1.165, 1.54) is 24.3 Å². The molecule has 0 heterocycles. The molecule has 1 amide bonds. The Morgan fingerprint density at radius 2 is 1.55 bits per heavy atom. The fourth-order valence-electron chi connectivity index (χ4n) is 2.61. The van der Waals surface area contributed by atoms with Crippen molar-refractivity contribution < 1.29 is 22.0 Å². The van der Waals surface area contributed by atoms with Gasteiger partial charge < -0.3 is 5.32 Å². The zero-order valence-electron chi connectivity index (χ0n) is 15.7. The topological polar surface area (TPSA) is 75.3 Å². The highest BCUT2D eigenvalue weighted by atomic mass is 32.2. The number of carbonyl (C=O) groups excluding carboxylic acids is 1. The predicted molar refractivity (Wildman–Crippen MR) is 107 cm³/mol. The first-order valence-electron chi connectivity index (χ1n) is 8.62. The van der Waals surface area contributed by atoms with E-state index in [1.54, 1.807) is 0 Å². The molecule has 2 N–H and O–H groups in total. The highest BCUT2D eigenvalue weighted by molar-refractivity contribution is 7.92. The van der Waals surface area contributed by atoms with Crippen molar-refractivity contribution >= 4 is 27.3 Å². The van der Waals surface area contributed by atoms with Crippen LogP contribution in [0.2, 0.25) is 0 Å². The molecule has 0 saturated carbocycles. The molecule has 0 aliphatic rings. The first kappa shape index (κ1) is 20.5. The predicted octanol–water partition coefficient (Wildman–Crippen LogP) is 4.63. The zero-order valence-corrected chi connectivity index (χ0v) is 16.5. The third-order valence-electron chi connectivity index (χ3n) is 4.24. The number of carbonyl (C=O) groups is 1. The number of halogens is 2. The van der Waals surface area contributed by atoms with Crippen LogP contribution in [-0.2, 0) is 10.0 Å². The number of nitrogens with one attached hydrogen (secondary N) is 2. The number of sulfonamides is 1. The second-order valence-electron chi connectivity index (χ2n) is 6.53. The molecule has 0 saturated heterocycles. The summed E-state index contributed by atoms with van der Waals surface area (Å²) < 4.78 is 53.2. The summed E-state index contributed by atoms with van der Waals surface area (Å²) in [6.07, 6.45) is 0. The average molecular weight is 416 g/mol. The van der Waals surface area contributed by atoms with Gasteiger partial charge in [-0.05, 0) is 73.5 Å². The van der Waals surface area contributed by atoms with Crippen molar-refractivity contribution in [3.63, 3.8) is 0 Å². The van der Waals surface area contributed by atoms with Crippen LogP contribution in [0.25, 0.3) is 0 Å². The van der Waals surface area contributed by atoms with Crippen LogP contribution in [0.1, 0.15) is 21.5 Å². The third-order valence-corrected chi connectivity index (χ3v) is 5.62. The van der Waals surface area contributed by atoms with E-state index in [0.717, 1.165) is 23.3 Å².